The molecule has 1 aromatic carbocycles. The van der Waals surface area contributed by atoms with Gasteiger partial charge in [-0.3, -0.25) is 4.79 Å². The van der Waals surface area contributed by atoms with Gasteiger partial charge < -0.3 is 24.1 Å². The van der Waals surface area contributed by atoms with Crippen molar-refractivity contribution in [2.75, 3.05) is 20.8 Å². The molecule has 0 saturated heterocycles. The minimum atomic E-state index is -0.187. The van der Waals surface area contributed by atoms with E-state index < -0.39 is 0 Å². The topological polar surface area (TPSA) is 65.1 Å². The van der Waals surface area contributed by atoms with Crippen molar-refractivity contribution in [3.8, 4) is 11.5 Å². The van der Waals surface area contributed by atoms with Gasteiger partial charge in [-0.25, -0.2) is 0 Å². The summed E-state index contributed by atoms with van der Waals surface area (Å²) in [4.78, 5) is 13.4. The second-order valence-corrected chi connectivity index (χ2v) is 5.96. The Morgan fingerprint density at radius 2 is 2.12 bits per heavy atom. The van der Waals surface area contributed by atoms with Gasteiger partial charge in [0.1, 0.15) is 12.3 Å². The Balaban J connectivity index is 1.93. The molecule has 1 heterocycles. The number of carbonyl (C=O) groups is 1. The molecule has 0 spiro atoms. The van der Waals surface area contributed by atoms with E-state index in [1.807, 2.05) is 51.2 Å². The van der Waals surface area contributed by atoms with Crippen LogP contribution in [0.4, 0.5) is 0 Å². The summed E-state index contributed by atoms with van der Waals surface area (Å²) in [6.45, 7) is 5.55. The van der Waals surface area contributed by atoms with Crippen molar-refractivity contribution in [3.63, 3.8) is 0 Å². The Kier molecular flexibility index (Phi) is 6.89. The number of likely N-dealkylation sites (N-methyl/N-ethyl adjacent to an activating group) is 1. The highest BCUT2D eigenvalue weighted by Crippen LogP contribution is 2.27. The second-order valence-electron chi connectivity index (χ2n) is 5.96. The predicted octanol–water partition coefficient (Wildman–Crippen LogP) is 1.41. The number of ether oxygens (including phenoxy) is 2. The molecule has 0 aliphatic heterocycles. The summed E-state index contributed by atoms with van der Waals surface area (Å²) in [5, 5.41) is 2.90. The van der Waals surface area contributed by atoms with Crippen LogP contribution < -0.4 is 19.7 Å². The number of methoxy groups -OCH3 is 1. The molecule has 6 nitrogen and oxygen atoms in total. The smallest absolute Gasteiger partial charge is 0.278 e. The van der Waals surface area contributed by atoms with Gasteiger partial charge in [0.05, 0.1) is 33.6 Å². The normalized spacial score (nSPS) is 13.1. The van der Waals surface area contributed by atoms with E-state index in [-0.39, 0.29) is 11.9 Å². The van der Waals surface area contributed by atoms with Crippen LogP contribution in [0.3, 0.4) is 0 Å². The van der Waals surface area contributed by atoms with Crippen molar-refractivity contribution < 1.29 is 23.6 Å². The number of benzene rings is 1. The molecule has 0 radical (unpaired) electrons. The lowest BCUT2D eigenvalue weighted by molar-refractivity contribution is -0.908. The number of furan rings is 1. The molecule has 2 N–H and O–H groups in total. The van der Waals surface area contributed by atoms with E-state index in [4.69, 9.17) is 13.9 Å². The number of amides is 1. The Labute approximate surface area is 148 Å². The minimum absolute atomic E-state index is 0.00759. The molecule has 1 amide bonds. The van der Waals surface area contributed by atoms with Crippen LogP contribution in [0.2, 0.25) is 0 Å². The van der Waals surface area contributed by atoms with Crippen molar-refractivity contribution in [2.45, 2.75) is 33.0 Å². The summed E-state index contributed by atoms with van der Waals surface area (Å²) < 4.78 is 16.1. The molecule has 0 bridgehead atoms. The maximum atomic E-state index is 12.3. The number of rotatable bonds is 9. The van der Waals surface area contributed by atoms with Crippen LogP contribution in [-0.2, 0) is 17.9 Å². The Morgan fingerprint density at radius 3 is 2.76 bits per heavy atom. The highest BCUT2D eigenvalue weighted by atomic mass is 16.5. The van der Waals surface area contributed by atoms with Crippen LogP contribution in [-0.4, -0.2) is 32.7 Å². The van der Waals surface area contributed by atoms with Crippen molar-refractivity contribution >= 4 is 5.91 Å². The van der Waals surface area contributed by atoms with Crippen LogP contribution >= 0.6 is 0 Å². The molecule has 6 heteroatoms. The number of hydrogen-bond acceptors (Lipinski definition) is 4. The second kappa shape index (κ2) is 9.13. The zero-order chi connectivity index (χ0) is 18.2. The molecule has 25 heavy (non-hydrogen) atoms. The lowest BCUT2D eigenvalue weighted by Gasteiger charge is -2.21. The fourth-order valence-corrected chi connectivity index (χ4v) is 2.54. The molecule has 0 aliphatic rings. The third-order valence-electron chi connectivity index (χ3n) is 4.16. The lowest BCUT2D eigenvalue weighted by atomic mass is 10.1. The molecule has 2 aromatic rings. The van der Waals surface area contributed by atoms with Gasteiger partial charge in [0.15, 0.2) is 17.5 Å². The highest BCUT2D eigenvalue weighted by Gasteiger charge is 2.22. The van der Waals surface area contributed by atoms with Gasteiger partial charge in [0.2, 0.25) is 0 Å². The summed E-state index contributed by atoms with van der Waals surface area (Å²) in [5.41, 5.74) is 1.09. The number of nitrogens with one attached hydrogen (secondary N) is 2. The van der Waals surface area contributed by atoms with E-state index in [0.29, 0.717) is 25.4 Å². The predicted molar refractivity (Wildman–Crippen MR) is 94.8 cm³/mol. The van der Waals surface area contributed by atoms with Crippen molar-refractivity contribution in [3.05, 3.63) is 47.9 Å². The number of carbonyl (C=O) groups excluding carboxylic acids is 1. The Morgan fingerprint density at radius 1 is 1.32 bits per heavy atom. The summed E-state index contributed by atoms with van der Waals surface area (Å²) >= 11 is 0. The Bertz CT molecular complexity index is 670. The van der Waals surface area contributed by atoms with Gasteiger partial charge in [0.25, 0.3) is 5.91 Å². The molecule has 136 valence electrons. The van der Waals surface area contributed by atoms with Crippen LogP contribution in [0.1, 0.15) is 25.2 Å². The molecule has 2 rings (SSSR count). The zero-order valence-corrected chi connectivity index (χ0v) is 15.3. The molecule has 0 saturated carbocycles. The van der Waals surface area contributed by atoms with Crippen molar-refractivity contribution in [1.82, 2.24) is 5.32 Å². The van der Waals surface area contributed by atoms with Gasteiger partial charge in [-0.1, -0.05) is 0 Å². The van der Waals surface area contributed by atoms with Gasteiger partial charge in [-0.2, -0.15) is 0 Å². The lowest BCUT2D eigenvalue weighted by Crippen LogP contribution is -3.12. The van der Waals surface area contributed by atoms with E-state index in [1.165, 1.54) is 0 Å². The first kappa shape index (κ1) is 18.9. The van der Waals surface area contributed by atoms with Crippen LogP contribution in [0.25, 0.3) is 0 Å². The standard InChI is InChI=1S/C19H26N2O4/c1-5-24-17-9-8-15(11-18(17)23-4)13-21(3)14(2)19(22)20-12-16-7-6-10-25-16/h6-11,14H,5,12-13H2,1-4H3,(H,20,22)/p+1/t14-/m0/s1. The van der Waals surface area contributed by atoms with Gasteiger partial charge in [-0.15, -0.1) is 0 Å². The van der Waals surface area contributed by atoms with Crippen LogP contribution in [0.5, 0.6) is 11.5 Å². The Hall–Kier alpha value is -2.47. The molecular formula is C19H27N2O4+. The molecule has 0 aliphatic carbocycles. The SMILES string of the molecule is CCOc1ccc(C[NH+](C)[C@@H](C)C(=O)NCc2ccco2)cc1OC. The highest BCUT2D eigenvalue weighted by molar-refractivity contribution is 5.79. The summed E-state index contributed by atoms with van der Waals surface area (Å²) in [7, 11) is 3.63. The molecule has 1 aromatic heterocycles. The van der Waals surface area contributed by atoms with E-state index in [9.17, 15) is 4.79 Å². The van der Waals surface area contributed by atoms with Gasteiger partial charge in [-0.05, 0) is 44.2 Å². The largest absolute Gasteiger partial charge is 0.493 e. The first-order valence-electron chi connectivity index (χ1n) is 8.47. The van der Waals surface area contributed by atoms with Crippen LogP contribution in [0, 0.1) is 0 Å². The first-order chi connectivity index (χ1) is 12.0. The summed E-state index contributed by atoms with van der Waals surface area (Å²) in [5.74, 6) is 2.18. The number of hydrogen-bond donors (Lipinski definition) is 2. The maximum Gasteiger partial charge on any atom is 0.278 e. The number of quaternary nitrogens is 1. The average molecular weight is 347 g/mol. The average Bonchev–Trinajstić information content (AvgIpc) is 3.13. The van der Waals surface area contributed by atoms with E-state index in [2.05, 4.69) is 5.32 Å². The molecule has 1 unspecified atom stereocenters. The first-order valence-corrected chi connectivity index (χ1v) is 8.47. The maximum absolute atomic E-state index is 12.3. The quantitative estimate of drug-likeness (QED) is 0.720. The zero-order valence-electron chi connectivity index (χ0n) is 15.3. The van der Waals surface area contributed by atoms with Crippen LogP contribution in [0.15, 0.2) is 41.0 Å². The summed E-state index contributed by atoms with van der Waals surface area (Å²) in [6.07, 6.45) is 1.60. The third-order valence-corrected chi connectivity index (χ3v) is 4.16. The fraction of sp³-hybridized carbons (Fsp3) is 0.421. The fourth-order valence-electron chi connectivity index (χ4n) is 2.54. The summed E-state index contributed by atoms with van der Waals surface area (Å²) in [6, 6.07) is 9.33. The minimum Gasteiger partial charge on any atom is -0.493 e. The van der Waals surface area contributed by atoms with E-state index >= 15 is 0 Å². The van der Waals surface area contributed by atoms with Crippen molar-refractivity contribution in [1.29, 1.82) is 0 Å². The van der Waals surface area contributed by atoms with Gasteiger partial charge >= 0.3 is 0 Å². The van der Waals surface area contributed by atoms with Crippen molar-refractivity contribution in [2.24, 2.45) is 0 Å². The monoisotopic (exact) mass is 347 g/mol. The molecular weight excluding hydrogens is 320 g/mol. The third kappa shape index (κ3) is 5.26. The molecule has 2 atom stereocenters. The molecule has 0 fully saturated rings. The van der Waals surface area contributed by atoms with E-state index in [1.54, 1.807) is 13.4 Å². The van der Waals surface area contributed by atoms with E-state index in [0.717, 1.165) is 22.0 Å². The van der Waals surface area contributed by atoms with Gasteiger partial charge in [0, 0.05) is 5.56 Å².